The molecule has 2 fully saturated rings. The minimum absolute atomic E-state index is 0.0999. The smallest absolute Gasteiger partial charge is 0.444 e. The van der Waals surface area contributed by atoms with Crippen LogP contribution in [0.5, 0.6) is 0 Å². The molecule has 0 aliphatic carbocycles. The molecule has 10 heteroatoms. The number of carbonyl (C=O) groups excluding carboxylic acids is 2. The fourth-order valence-corrected chi connectivity index (χ4v) is 4.59. The van der Waals surface area contributed by atoms with E-state index in [2.05, 4.69) is 0 Å². The Hall–Kier alpha value is -1.81. The summed E-state index contributed by atoms with van der Waals surface area (Å²) < 4.78 is 23.5. The molecule has 1 aromatic carbocycles. The first-order valence-electron chi connectivity index (χ1n) is 12.0. The van der Waals surface area contributed by atoms with Gasteiger partial charge in [-0.25, -0.2) is 4.79 Å². The number of methoxy groups -OCH3 is 1. The first-order valence-corrected chi connectivity index (χ1v) is 12.3. The van der Waals surface area contributed by atoms with Crippen LogP contribution in [0.4, 0.5) is 4.79 Å². The highest BCUT2D eigenvalue weighted by Crippen LogP contribution is 2.37. The summed E-state index contributed by atoms with van der Waals surface area (Å²) in [5.41, 5.74) is -0.101. The largest absolute Gasteiger partial charge is 0.494 e. The van der Waals surface area contributed by atoms with Gasteiger partial charge in [-0.3, -0.25) is 9.69 Å². The summed E-state index contributed by atoms with van der Waals surface area (Å²) in [4.78, 5) is 29.2. The second kappa shape index (κ2) is 9.92. The third kappa shape index (κ3) is 6.13. The Morgan fingerprint density at radius 1 is 1.09 bits per heavy atom. The molecule has 2 saturated heterocycles. The van der Waals surface area contributed by atoms with Crippen molar-refractivity contribution in [2.24, 2.45) is 0 Å². The second-order valence-corrected chi connectivity index (χ2v) is 11.8. The van der Waals surface area contributed by atoms with Crippen LogP contribution < -0.4 is 5.46 Å². The molecule has 0 unspecified atom stereocenters. The lowest BCUT2D eigenvalue weighted by Crippen LogP contribution is -2.59. The number of carbonyl (C=O) groups is 2. The van der Waals surface area contributed by atoms with Crippen LogP contribution in [0.25, 0.3) is 0 Å². The quantitative estimate of drug-likeness (QED) is 0.576. The lowest BCUT2D eigenvalue weighted by atomic mass is 9.77. The van der Waals surface area contributed by atoms with E-state index in [1.54, 1.807) is 16.9 Å². The third-order valence-electron chi connectivity index (χ3n) is 6.84. The van der Waals surface area contributed by atoms with Crippen molar-refractivity contribution in [3.05, 3.63) is 28.8 Å². The molecule has 8 nitrogen and oxygen atoms in total. The molecule has 0 spiro atoms. The monoisotopic (exact) mass is 508 g/mol. The van der Waals surface area contributed by atoms with Crippen LogP contribution >= 0.6 is 11.6 Å². The highest BCUT2D eigenvalue weighted by Gasteiger charge is 2.52. The molecule has 2 atom stereocenters. The molecule has 0 bridgehead atoms. The van der Waals surface area contributed by atoms with E-state index < -0.39 is 36.1 Å². The Morgan fingerprint density at radius 3 is 2.20 bits per heavy atom. The minimum Gasteiger partial charge on any atom is -0.444 e. The van der Waals surface area contributed by atoms with Gasteiger partial charge < -0.3 is 23.7 Å². The molecule has 3 rings (SSSR count). The van der Waals surface area contributed by atoms with E-state index >= 15 is 0 Å². The maximum absolute atomic E-state index is 13.1. The lowest BCUT2D eigenvalue weighted by molar-refractivity contribution is -0.136. The molecule has 0 radical (unpaired) electrons. The number of rotatable bonds is 4. The summed E-state index contributed by atoms with van der Waals surface area (Å²) in [7, 11) is 0.973. The summed E-state index contributed by atoms with van der Waals surface area (Å²) in [6.45, 7) is 15.8. The Morgan fingerprint density at radius 2 is 1.69 bits per heavy atom. The van der Waals surface area contributed by atoms with E-state index in [-0.39, 0.29) is 25.1 Å². The van der Waals surface area contributed by atoms with Crippen LogP contribution in [0.2, 0.25) is 5.02 Å². The SMILES string of the molecule is COC[C@H]1CN(C(C)=O)[C@H](c2cc(Cl)cc(B3OC(C)(C)C(C)(C)O3)c2)CN1C(=O)OC(C)(C)C. The molecule has 2 heterocycles. The predicted octanol–water partition coefficient (Wildman–Crippen LogP) is 3.79. The number of piperazine rings is 1. The van der Waals surface area contributed by atoms with Crippen molar-refractivity contribution in [2.45, 2.75) is 84.3 Å². The molecule has 0 N–H and O–H groups in total. The Kier molecular flexibility index (Phi) is 7.87. The van der Waals surface area contributed by atoms with Gasteiger partial charge in [-0.1, -0.05) is 17.7 Å². The summed E-state index contributed by atoms with van der Waals surface area (Å²) >= 11 is 6.54. The standard InChI is InChI=1S/C25H38BClN2O6/c1-16(30)28-13-20(15-32-9)29(22(31)33-23(2,3)4)14-21(28)17-10-18(12-19(27)11-17)26-34-24(5,6)25(7,8)35-26/h10-12,20-21H,13-15H2,1-9H3/t20-,21+/m1/s1. The zero-order chi connectivity index (χ0) is 26.3. The van der Waals surface area contributed by atoms with Crippen molar-refractivity contribution < 1.29 is 28.4 Å². The minimum atomic E-state index is -0.651. The van der Waals surface area contributed by atoms with E-state index in [0.29, 0.717) is 11.6 Å². The van der Waals surface area contributed by atoms with Gasteiger partial charge in [0.25, 0.3) is 0 Å². The predicted molar refractivity (Wildman–Crippen MR) is 136 cm³/mol. The van der Waals surface area contributed by atoms with Crippen molar-refractivity contribution in [3.8, 4) is 0 Å². The number of nitrogens with zero attached hydrogens (tertiary/aromatic N) is 2. The summed E-state index contributed by atoms with van der Waals surface area (Å²) in [6, 6.07) is 4.82. The second-order valence-electron chi connectivity index (χ2n) is 11.3. The summed E-state index contributed by atoms with van der Waals surface area (Å²) in [6.07, 6.45) is -0.444. The van der Waals surface area contributed by atoms with Crippen LogP contribution in [-0.4, -0.2) is 78.6 Å². The average Bonchev–Trinajstić information content (AvgIpc) is 2.93. The van der Waals surface area contributed by atoms with E-state index in [9.17, 15) is 9.59 Å². The molecule has 35 heavy (non-hydrogen) atoms. The summed E-state index contributed by atoms with van der Waals surface area (Å²) in [5, 5.41) is 0.499. The summed E-state index contributed by atoms with van der Waals surface area (Å²) in [5.74, 6) is -0.0999. The van der Waals surface area contributed by atoms with E-state index in [1.165, 1.54) is 6.92 Å². The topological polar surface area (TPSA) is 77.5 Å². The van der Waals surface area contributed by atoms with Crippen LogP contribution in [0.1, 0.15) is 67.0 Å². The van der Waals surface area contributed by atoms with Crippen molar-refractivity contribution in [1.29, 1.82) is 0 Å². The zero-order valence-corrected chi connectivity index (χ0v) is 23.1. The van der Waals surface area contributed by atoms with Gasteiger partial charge in [0.15, 0.2) is 0 Å². The van der Waals surface area contributed by atoms with Gasteiger partial charge in [0.05, 0.1) is 29.9 Å². The zero-order valence-electron chi connectivity index (χ0n) is 22.3. The number of hydrogen-bond donors (Lipinski definition) is 0. The van der Waals surface area contributed by atoms with Crippen molar-refractivity contribution >= 4 is 36.2 Å². The Bertz CT molecular complexity index is 948. The Labute approximate surface area is 214 Å². The normalized spacial score (nSPS) is 24.0. The fraction of sp³-hybridized carbons (Fsp3) is 0.680. The van der Waals surface area contributed by atoms with Gasteiger partial charge >= 0.3 is 13.2 Å². The average molecular weight is 509 g/mol. The van der Waals surface area contributed by atoms with Crippen LogP contribution in [0.15, 0.2) is 18.2 Å². The van der Waals surface area contributed by atoms with Gasteiger partial charge in [0.1, 0.15) is 5.60 Å². The van der Waals surface area contributed by atoms with E-state index in [1.807, 2.05) is 66.7 Å². The maximum atomic E-state index is 13.1. The Balaban J connectivity index is 1.98. The maximum Gasteiger partial charge on any atom is 0.494 e. The first-order chi connectivity index (χ1) is 16.0. The molecule has 2 aliphatic rings. The molecular formula is C25H38BClN2O6. The number of benzene rings is 1. The number of hydrogen-bond acceptors (Lipinski definition) is 6. The molecule has 0 aromatic heterocycles. The van der Waals surface area contributed by atoms with E-state index in [4.69, 9.17) is 30.4 Å². The van der Waals surface area contributed by atoms with Gasteiger partial charge in [-0.05, 0) is 71.6 Å². The highest BCUT2D eigenvalue weighted by molar-refractivity contribution is 6.62. The van der Waals surface area contributed by atoms with Crippen LogP contribution in [0, 0.1) is 0 Å². The number of halogens is 1. The molecule has 1 aromatic rings. The van der Waals surface area contributed by atoms with E-state index in [0.717, 1.165) is 11.0 Å². The van der Waals surface area contributed by atoms with Crippen LogP contribution in [-0.2, 0) is 23.6 Å². The third-order valence-corrected chi connectivity index (χ3v) is 7.06. The number of ether oxygens (including phenoxy) is 2. The van der Waals surface area contributed by atoms with Crippen molar-refractivity contribution in [2.75, 3.05) is 26.8 Å². The van der Waals surface area contributed by atoms with Crippen LogP contribution in [0.3, 0.4) is 0 Å². The van der Waals surface area contributed by atoms with Gasteiger partial charge in [0.2, 0.25) is 5.91 Å². The van der Waals surface area contributed by atoms with Crippen molar-refractivity contribution in [3.63, 3.8) is 0 Å². The van der Waals surface area contributed by atoms with Gasteiger partial charge in [-0.15, -0.1) is 0 Å². The van der Waals surface area contributed by atoms with Crippen molar-refractivity contribution in [1.82, 2.24) is 9.80 Å². The number of amides is 2. The molecule has 0 saturated carbocycles. The molecule has 2 aliphatic heterocycles. The molecular weight excluding hydrogens is 471 g/mol. The molecule has 194 valence electrons. The van der Waals surface area contributed by atoms with Gasteiger partial charge in [-0.2, -0.15) is 0 Å². The fourth-order valence-electron chi connectivity index (χ4n) is 4.34. The highest BCUT2D eigenvalue weighted by atomic mass is 35.5. The molecule has 2 amide bonds. The van der Waals surface area contributed by atoms with Gasteiger partial charge in [0, 0.05) is 32.1 Å². The lowest BCUT2D eigenvalue weighted by Gasteiger charge is -2.46. The first kappa shape index (κ1) is 27.8.